The van der Waals surface area contributed by atoms with E-state index in [9.17, 15) is 9.59 Å². The number of aromatic nitrogens is 2. The van der Waals surface area contributed by atoms with Crippen LogP contribution in [0.1, 0.15) is 19.4 Å². The molecule has 0 spiro atoms. The third-order valence-corrected chi connectivity index (χ3v) is 4.83. The van der Waals surface area contributed by atoms with E-state index in [1.54, 1.807) is 10.7 Å². The molecule has 0 N–H and O–H groups in total. The van der Waals surface area contributed by atoms with E-state index in [-0.39, 0.29) is 18.5 Å². The standard InChI is InChI=1S/C22H21N3O3/c1-15(2)24(13-16-8-4-3-5-9-16)20(26)14-25-21-17-10-6-7-11-19(17)28-22(27)18(21)12-23-25/h3-12,15H,13-14H2,1-2H3. The van der Waals surface area contributed by atoms with Crippen molar-refractivity contribution in [2.75, 3.05) is 0 Å². The molecular weight excluding hydrogens is 354 g/mol. The predicted octanol–water partition coefficient (Wildman–Crippen LogP) is 3.58. The van der Waals surface area contributed by atoms with E-state index in [2.05, 4.69) is 5.10 Å². The van der Waals surface area contributed by atoms with Crippen LogP contribution in [0, 0.1) is 0 Å². The summed E-state index contributed by atoms with van der Waals surface area (Å²) in [6.07, 6.45) is 1.47. The molecule has 2 aromatic heterocycles. The van der Waals surface area contributed by atoms with Crippen LogP contribution in [0.5, 0.6) is 0 Å². The van der Waals surface area contributed by atoms with E-state index >= 15 is 0 Å². The molecule has 0 fully saturated rings. The van der Waals surface area contributed by atoms with Gasteiger partial charge < -0.3 is 9.32 Å². The minimum atomic E-state index is -0.447. The van der Waals surface area contributed by atoms with Gasteiger partial charge in [0.1, 0.15) is 17.5 Å². The number of hydrogen-bond acceptors (Lipinski definition) is 4. The molecule has 0 aliphatic rings. The van der Waals surface area contributed by atoms with Crippen molar-refractivity contribution in [2.45, 2.75) is 33.0 Å². The van der Waals surface area contributed by atoms with Crippen LogP contribution in [0.3, 0.4) is 0 Å². The van der Waals surface area contributed by atoms with Gasteiger partial charge in [0.2, 0.25) is 5.91 Å². The van der Waals surface area contributed by atoms with Crippen molar-refractivity contribution in [3.05, 3.63) is 76.8 Å². The Labute approximate surface area is 162 Å². The van der Waals surface area contributed by atoms with Gasteiger partial charge in [0.15, 0.2) is 0 Å². The number of rotatable bonds is 5. The van der Waals surface area contributed by atoms with Gasteiger partial charge in [-0.1, -0.05) is 42.5 Å². The van der Waals surface area contributed by atoms with Gasteiger partial charge in [-0.2, -0.15) is 5.10 Å². The summed E-state index contributed by atoms with van der Waals surface area (Å²) in [6, 6.07) is 17.2. The lowest BCUT2D eigenvalue weighted by molar-refractivity contribution is -0.134. The maximum absolute atomic E-state index is 13.1. The quantitative estimate of drug-likeness (QED) is 0.500. The number of nitrogens with zero attached hydrogens (tertiary/aromatic N) is 3. The van der Waals surface area contributed by atoms with Crippen molar-refractivity contribution in [3.63, 3.8) is 0 Å². The predicted molar refractivity (Wildman–Crippen MR) is 108 cm³/mol. The summed E-state index contributed by atoms with van der Waals surface area (Å²) in [4.78, 5) is 27.2. The first-order valence-electron chi connectivity index (χ1n) is 9.25. The van der Waals surface area contributed by atoms with Crippen LogP contribution in [0.25, 0.3) is 21.9 Å². The Hall–Kier alpha value is -3.41. The molecule has 142 valence electrons. The van der Waals surface area contributed by atoms with Gasteiger partial charge in [-0.05, 0) is 31.5 Å². The second-order valence-corrected chi connectivity index (χ2v) is 7.05. The van der Waals surface area contributed by atoms with E-state index < -0.39 is 5.63 Å². The van der Waals surface area contributed by atoms with Gasteiger partial charge in [0.05, 0.1) is 11.7 Å². The van der Waals surface area contributed by atoms with Gasteiger partial charge in [-0.25, -0.2) is 4.79 Å². The molecule has 28 heavy (non-hydrogen) atoms. The fraction of sp³-hybridized carbons (Fsp3) is 0.227. The molecular formula is C22H21N3O3. The zero-order chi connectivity index (χ0) is 19.7. The second kappa shape index (κ2) is 7.31. The van der Waals surface area contributed by atoms with Crippen LogP contribution >= 0.6 is 0 Å². The smallest absolute Gasteiger partial charge is 0.347 e. The average Bonchev–Trinajstić information content (AvgIpc) is 3.11. The highest BCUT2D eigenvalue weighted by Crippen LogP contribution is 2.22. The van der Waals surface area contributed by atoms with Crippen LogP contribution in [0.4, 0.5) is 0 Å². The Balaban J connectivity index is 1.70. The Morgan fingerprint density at radius 3 is 2.54 bits per heavy atom. The molecule has 0 aliphatic carbocycles. The van der Waals surface area contributed by atoms with Crippen molar-refractivity contribution < 1.29 is 9.21 Å². The number of fused-ring (bicyclic) bond motifs is 3. The molecule has 0 radical (unpaired) electrons. The lowest BCUT2D eigenvalue weighted by Crippen LogP contribution is -2.38. The average molecular weight is 375 g/mol. The molecule has 2 aromatic carbocycles. The fourth-order valence-corrected chi connectivity index (χ4v) is 3.40. The van der Waals surface area contributed by atoms with E-state index in [1.807, 2.05) is 67.3 Å². The molecule has 4 rings (SSSR count). The van der Waals surface area contributed by atoms with Crippen LogP contribution in [0.2, 0.25) is 0 Å². The molecule has 2 heterocycles. The second-order valence-electron chi connectivity index (χ2n) is 7.05. The van der Waals surface area contributed by atoms with E-state index in [4.69, 9.17) is 4.42 Å². The summed E-state index contributed by atoms with van der Waals surface area (Å²) in [7, 11) is 0. The third kappa shape index (κ3) is 3.29. The lowest BCUT2D eigenvalue weighted by atomic mass is 10.2. The molecule has 0 saturated heterocycles. The molecule has 6 heteroatoms. The first-order chi connectivity index (χ1) is 13.5. The van der Waals surface area contributed by atoms with Gasteiger partial charge in [0, 0.05) is 18.0 Å². The van der Waals surface area contributed by atoms with Crippen LogP contribution in [-0.4, -0.2) is 26.6 Å². The molecule has 0 atom stereocenters. The molecule has 0 saturated carbocycles. The van der Waals surface area contributed by atoms with Gasteiger partial charge >= 0.3 is 5.63 Å². The Morgan fingerprint density at radius 2 is 1.79 bits per heavy atom. The van der Waals surface area contributed by atoms with Gasteiger partial charge in [-0.15, -0.1) is 0 Å². The molecule has 6 nitrogen and oxygen atoms in total. The van der Waals surface area contributed by atoms with E-state index in [1.165, 1.54) is 6.20 Å². The van der Waals surface area contributed by atoms with E-state index in [0.717, 1.165) is 10.9 Å². The summed E-state index contributed by atoms with van der Waals surface area (Å²) in [6.45, 7) is 4.57. The SMILES string of the molecule is CC(C)N(Cc1ccccc1)C(=O)Cn1ncc2c(=O)oc3ccccc3c21. The highest BCUT2D eigenvalue weighted by atomic mass is 16.4. The van der Waals surface area contributed by atoms with Crippen molar-refractivity contribution in [2.24, 2.45) is 0 Å². The summed E-state index contributed by atoms with van der Waals surface area (Å²) in [5, 5.41) is 5.45. The molecule has 0 unspecified atom stereocenters. The normalized spacial score (nSPS) is 11.4. The van der Waals surface area contributed by atoms with Crippen LogP contribution in [-0.2, 0) is 17.9 Å². The molecule has 1 amide bonds. The first kappa shape index (κ1) is 18.0. The minimum absolute atomic E-state index is 0.0383. The maximum Gasteiger partial charge on any atom is 0.347 e. The Kier molecular flexibility index (Phi) is 4.69. The molecule has 4 aromatic rings. The van der Waals surface area contributed by atoms with E-state index in [0.29, 0.717) is 23.0 Å². The monoisotopic (exact) mass is 375 g/mol. The first-order valence-corrected chi connectivity index (χ1v) is 9.25. The Bertz CT molecular complexity index is 1190. The zero-order valence-corrected chi connectivity index (χ0v) is 15.8. The van der Waals surface area contributed by atoms with Gasteiger partial charge in [-0.3, -0.25) is 9.48 Å². The maximum atomic E-state index is 13.1. The zero-order valence-electron chi connectivity index (χ0n) is 15.8. The summed E-state index contributed by atoms with van der Waals surface area (Å²) in [5.41, 5.74) is 1.74. The highest BCUT2D eigenvalue weighted by molar-refractivity contribution is 6.02. The minimum Gasteiger partial charge on any atom is -0.422 e. The number of amides is 1. The van der Waals surface area contributed by atoms with Crippen molar-refractivity contribution in [3.8, 4) is 0 Å². The fourth-order valence-electron chi connectivity index (χ4n) is 3.40. The highest BCUT2D eigenvalue weighted by Gasteiger charge is 2.20. The summed E-state index contributed by atoms with van der Waals surface area (Å²) >= 11 is 0. The van der Waals surface area contributed by atoms with Crippen molar-refractivity contribution >= 4 is 27.8 Å². The van der Waals surface area contributed by atoms with Crippen molar-refractivity contribution in [1.29, 1.82) is 0 Å². The number of benzene rings is 2. The third-order valence-electron chi connectivity index (χ3n) is 4.83. The van der Waals surface area contributed by atoms with Gasteiger partial charge in [0.25, 0.3) is 0 Å². The lowest BCUT2D eigenvalue weighted by Gasteiger charge is -2.27. The summed E-state index contributed by atoms with van der Waals surface area (Å²) < 4.78 is 6.95. The van der Waals surface area contributed by atoms with Crippen LogP contribution in [0.15, 0.2) is 70.0 Å². The number of carbonyl (C=O) groups is 1. The molecule has 0 aliphatic heterocycles. The number of hydrogen-bond donors (Lipinski definition) is 0. The largest absolute Gasteiger partial charge is 0.422 e. The number of para-hydroxylation sites is 1. The van der Waals surface area contributed by atoms with Crippen molar-refractivity contribution in [1.82, 2.24) is 14.7 Å². The Morgan fingerprint density at radius 1 is 1.07 bits per heavy atom. The topological polar surface area (TPSA) is 68.3 Å². The van der Waals surface area contributed by atoms with Crippen LogP contribution < -0.4 is 5.63 Å². The number of carbonyl (C=O) groups excluding carboxylic acids is 1. The molecule has 0 bridgehead atoms. The summed E-state index contributed by atoms with van der Waals surface area (Å²) in [5.74, 6) is -0.0545.